The van der Waals surface area contributed by atoms with Crippen LogP contribution in [0.1, 0.15) is 29.7 Å². The van der Waals surface area contributed by atoms with Gasteiger partial charge >= 0.3 is 28.5 Å². The molecule has 6 rings (SSSR count). The van der Waals surface area contributed by atoms with E-state index in [2.05, 4.69) is 29.9 Å². The average Bonchev–Trinajstić information content (AvgIpc) is 2.94. The molecule has 3 aromatic carbocycles. The standard InChI is InChI=1S/C9H6N2O2.C9H8N2O.C9H8N2.CH4.O2Se/c12-9(13)8-10-5-6-3-1-2-4-7(6)11-8;1-6-10-8-5-3-2-4-7(8)9(12)11-6;1-7-10-6-8-4-2-3-5-9(8)11-7;;1-3-2/h1-5H,(H,12,13);2-5H,1H3,(H,10,11,12);2-6H,1H3;1H4;. The zero-order chi connectivity index (χ0) is 28.2. The number of fused-ring (bicyclic) bond motifs is 3. The van der Waals surface area contributed by atoms with Crippen molar-refractivity contribution < 1.29 is 17.6 Å². The van der Waals surface area contributed by atoms with Crippen molar-refractivity contribution in [2.24, 2.45) is 0 Å². The molecular formula is C28H26N6O5Se. The Balaban J connectivity index is 0.000000198. The van der Waals surface area contributed by atoms with E-state index in [9.17, 15) is 9.59 Å². The summed E-state index contributed by atoms with van der Waals surface area (Å²) in [6.45, 7) is 3.67. The summed E-state index contributed by atoms with van der Waals surface area (Å²) >= 11 is -1.62. The third kappa shape index (κ3) is 8.83. The van der Waals surface area contributed by atoms with E-state index in [0.29, 0.717) is 16.7 Å². The molecule has 0 unspecified atom stereocenters. The van der Waals surface area contributed by atoms with Crippen LogP contribution >= 0.6 is 0 Å². The van der Waals surface area contributed by atoms with Gasteiger partial charge in [0.2, 0.25) is 5.82 Å². The first-order valence-electron chi connectivity index (χ1n) is 11.3. The number of nitrogens with zero attached hydrogens (tertiary/aromatic N) is 5. The zero-order valence-corrected chi connectivity index (χ0v) is 22.5. The van der Waals surface area contributed by atoms with Gasteiger partial charge in [0.1, 0.15) is 11.6 Å². The Morgan fingerprint density at radius 3 is 1.85 bits per heavy atom. The van der Waals surface area contributed by atoms with Gasteiger partial charge in [0.05, 0.1) is 21.9 Å². The van der Waals surface area contributed by atoms with Crippen molar-refractivity contribution in [1.82, 2.24) is 29.9 Å². The summed E-state index contributed by atoms with van der Waals surface area (Å²) in [7, 11) is 0. The Hall–Kier alpha value is -4.93. The van der Waals surface area contributed by atoms with Crippen molar-refractivity contribution >= 4 is 53.5 Å². The third-order valence-electron chi connectivity index (χ3n) is 5.02. The van der Waals surface area contributed by atoms with Gasteiger partial charge in [-0.1, -0.05) is 56.0 Å². The van der Waals surface area contributed by atoms with E-state index in [1.165, 1.54) is 6.20 Å². The molecule has 12 heteroatoms. The molecule has 0 saturated heterocycles. The molecule has 0 amide bonds. The van der Waals surface area contributed by atoms with Gasteiger partial charge in [-0.2, -0.15) is 0 Å². The van der Waals surface area contributed by atoms with Crippen LogP contribution in [0, 0.1) is 13.8 Å². The van der Waals surface area contributed by atoms with Crippen LogP contribution in [-0.2, 0) is 7.67 Å². The molecule has 11 nitrogen and oxygen atoms in total. The van der Waals surface area contributed by atoms with Crippen LogP contribution in [0.15, 0.2) is 90.0 Å². The predicted molar refractivity (Wildman–Crippen MR) is 152 cm³/mol. The van der Waals surface area contributed by atoms with Gasteiger partial charge in [0.25, 0.3) is 5.56 Å². The maximum atomic E-state index is 11.3. The Morgan fingerprint density at radius 1 is 0.750 bits per heavy atom. The van der Waals surface area contributed by atoms with Crippen LogP contribution in [0.5, 0.6) is 0 Å². The van der Waals surface area contributed by atoms with E-state index < -0.39 is 20.8 Å². The summed E-state index contributed by atoms with van der Waals surface area (Å²) in [5.41, 5.74) is 2.34. The molecule has 3 heterocycles. The number of aromatic amines is 1. The number of benzene rings is 3. The summed E-state index contributed by atoms with van der Waals surface area (Å²) in [6, 6.07) is 22.5. The van der Waals surface area contributed by atoms with Gasteiger partial charge in [-0.25, -0.2) is 29.7 Å². The minimum atomic E-state index is -1.62. The molecule has 0 bridgehead atoms. The Bertz CT molecular complexity index is 1840. The topological polar surface area (TPSA) is 169 Å². The fourth-order valence-electron chi connectivity index (χ4n) is 3.34. The van der Waals surface area contributed by atoms with E-state index >= 15 is 0 Å². The number of carboxylic acids is 1. The van der Waals surface area contributed by atoms with Crippen molar-refractivity contribution in [3.8, 4) is 0 Å². The second-order valence-corrected chi connectivity index (χ2v) is 8.06. The summed E-state index contributed by atoms with van der Waals surface area (Å²) in [5.74, 6) is 0.201. The van der Waals surface area contributed by atoms with Crippen molar-refractivity contribution in [3.63, 3.8) is 0 Å². The third-order valence-corrected chi connectivity index (χ3v) is 5.02. The number of aromatic carboxylic acids is 1. The van der Waals surface area contributed by atoms with Crippen molar-refractivity contribution in [3.05, 3.63) is 113 Å². The molecular weight excluding hydrogens is 579 g/mol. The van der Waals surface area contributed by atoms with Gasteiger partial charge < -0.3 is 10.1 Å². The molecule has 0 aliphatic carbocycles. The Morgan fingerprint density at radius 2 is 1.25 bits per heavy atom. The Kier molecular flexibility index (Phi) is 12.1. The molecule has 0 aliphatic heterocycles. The SMILES string of the molecule is C.Cc1nc2ccccc2c(=O)[nH]1.Cc1ncc2ccccc2n1.O=C(O)c1ncc2ccccc2n1.O=[Se]=O. The molecule has 0 saturated carbocycles. The van der Waals surface area contributed by atoms with Crippen LogP contribution in [0.25, 0.3) is 32.7 Å². The predicted octanol–water partition coefficient (Wildman–Crippen LogP) is 4.52. The van der Waals surface area contributed by atoms with Gasteiger partial charge in [0, 0.05) is 23.2 Å². The van der Waals surface area contributed by atoms with Gasteiger partial charge in [-0.3, -0.25) is 4.79 Å². The quantitative estimate of drug-likeness (QED) is 0.254. The number of aromatic nitrogens is 6. The van der Waals surface area contributed by atoms with Crippen LogP contribution in [0.4, 0.5) is 0 Å². The number of H-pyrrole nitrogens is 1. The van der Waals surface area contributed by atoms with Crippen LogP contribution in [0.3, 0.4) is 0 Å². The molecule has 3 aromatic heterocycles. The summed E-state index contributed by atoms with van der Waals surface area (Å²) in [4.78, 5) is 44.6. The van der Waals surface area contributed by atoms with E-state index in [1.807, 2.05) is 67.7 Å². The fourth-order valence-corrected chi connectivity index (χ4v) is 3.34. The Labute approximate surface area is 235 Å². The molecule has 0 aliphatic rings. The molecule has 0 fully saturated rings. The number of hydrogen-bond acceptors (Lipinski definition) is 9. The monoisotopic (exact) mass is 606 g/mol. The summed E-state index contributed by atoms with van der Waals surface area (Å²) in [6.07, 6.45) is 3.35. The molecule has 0 radical (unpaired) electrons. The van der Waals surface area contributed by atoms with Gasteiger partial charge in [-0.05, 0) is 38.1 Å². The van der Waals surface area contributed by atoms with E-state index in [0.717, 1.165) is 27.6 Å². The summed E-state index contributed by atoms with van der Waals surface area (Å²) < 4.78 is 16.9. The van der Waals surface area contributed by atoms with Crippen molar-refractivity contribution in [2.75, 3.05) is 0 Å². The molecule has 6 aromatic rings. The number of carboxylic acid groups (broad SMARTS) is 1. The average molecular weight is 606 g/mol. The first kappa shape index (κ1) is 31.3. The molecule has 40 heavy (non-hydrogen) atoms. The first-order valence-corrected chi connectivity index (χ1v) is 12.7. The van der Waals surface area contributed by atoms with Crippen LogP contribution < -0.4 is 5.56 Å². The molecule has 2 N–H and O–H groups in total. The second-order valence-electron chi connectivity index (χ2n) is 7.77. The van der Waals surface area contributed by atoms with Crippen molar-refractivity contribution in [2.45, 2.75) is 21.3 Å². The number of carbonyl (C=O) groups is 1. The number of rotatable bonds is 1. The summed E-state index contributed by atoms with van der Waals surface area (Å²) in [5, 5.41) is 11.2. The number of para-hydroxylation sites is 3. The number of nitrogens with one attached hydrogen (secondary N) is 1. The molecule has 204 valence electrons. The molecule has 0 atom stereocenters. The first-order chi connectivity index (χ1) is 18.8. The normalized spacial score (nSPS) is 9.55. The molecule has 0 spiro atoms. The second kappa shape index (κ2) is 15.5. The van der Waals surface area contributed by atoms with E-state index in [1.54, 1.807) is 25.1 Å². The fraction of sp³-hybridized carbons (Fsp3) is 0.107. The van der Waals surface area contributed by atoms with Crippen LogP contribution in [-0.4, -0.2) is 55.8 Å². The van der Waals surface area contributed by atoms with Gasteiger partial charge in [-0.15, -0.1) is 0 Å². The minimum absolute atomic E-state index is 0. The number of aryl methyl sites for hydroxylation is 2. The van der Waals surface area contributed by atoms with E-state index in [-0.39, 0.29) is 18.8 Å². The number of hydrogen-bond donors (Lipinski definition) is 2. The maximum absolute atomic E-state index is 11.3. The zero-order valence-electron chi connectivity index (χ0n) is 20.8. The van der Waals surface area contributed by atoms with E-state index in [4.69, 9.17) is 12.8 Å². The van der Waals surface area contributed by atoms with Gasteiger partial charge in [0.15, 0.2) is 0 Å². The van der Waals surface area contributed by atoms with Crippen molar-refractivity contribution in [1.29, 1.82) is 0 Å². The van der Waals surface area contributed by atoms with Crippen LogP contribution in [0.2, 0.25) is 0 Å².